The number of hydrogen-bond donors (Lipinski definition) is 2. The SMILES string of the molecule is Cc1cc(F)c(CCNC(=O)[C@H](CC(F)F)NC(=O)OCc2ccccc2)c(F)c1. The predicted octanol–water partition coefficient (Wildman–Crippen LogP) is 3.88. The number of ether oxygens (including phenoxy) is 1. The highest BCUT2D eigenvalue weighted by atomic mass is 19.3. The monoisotopic (exact) mass is 426 g/mol. The van der Waals surface area contributed by atoms with Gasteiger partial charge in [0, 0.05) is 18.5 Å². The van der Waals surface area contributed by atoms with Crippen LogP contribution in [0.5, 0.6) is 0 Å². The fraction of sp³-hybridized carbons (Fsp3) is 0.333. The lowest BCUT2D eigenvalue weighted by Gasteiger charge is -2.18. The smallest absolute Gasteiger partial charge is 0.408 e. The van der Waals surface area contributed by atoms with Crippen LogP contribution in [0.25, 0.3) is 0 Å². The van der Waals surface area contributed by atoms with Gasteiger partial charge in [-0.15, -0.1) is 0 Å². The Bertz CT molecular complexity index is 840. The van der Waals surface area contributed by atoms with Crippen LogP contribution >= 0.6 is 0 Å². The number of carbonyl (C=O) groups is 2. The Hall–Kier alpha value is -3.10. The van der Waals surface area contributed by atoms with Crippen molar-refractivity contribution >= 4 is 12.0 Å². The third-order valence-corrected chi connectivity index (χ3v) is 4.19. The maximum absolute atomic E-state index is 13.8. The van der Waals surface area contributed by atoms with E-state index in [1.54, 1.807) is 30.3 Å². The summed E-state index contributed by atoms with van der Waals surface area (Å²) in [4.78, 5) is 24.1. The highest BCUT2D eigenvalue weighted by molar-refractivity contribution is 5.85. The van der Waals surface area contributed by atoms with E-state index in [2.05, 4.69) is 10.6 Å². The highest BCUT2D eigenvalue weighted by Crippen LogP contribution is 2.15. The van der Waals surface area contributed by atoms with Crippen LogP contribution in [0.4, 0.5) is 22.4 Å². The van der Waals surface area contributed by atoms with E-state index in [-0.39, 0.29) is 25.1 Å². The standard InChI is InChI=1S/C21H22F4N2O3/c1-13-9-16(22)15(17(23)10-13)7-8-26-20(28)18(11-19(24)25)27-21(29)30-12-14-5-3-2-4-6-14/h2-6,9-10,18-19H,7-8,11-12H2,1H3,(H,26,28)(H,27,29)/t18-/m0/s1. The minimum absolute atomic E-state index is 0.0956. The van der Waals surface area contributed by atoms with Crippen molar-refractivity contribution in [1.82, 2.24) is 10.6 Å². The Morgan fingerprint density at radius 3 is 2.30 bits per heavy atom. The number of rotatable bonds is 9. The molecule has 2 amide bonds. The van der Waals surface area contributed by atoms with Gasteiger partial charge in [-0.3, -0.25) is 4.79 Å². The Labute approximate surface area is 171 Å². The van der Waals surface area contributed by atoms with Gasteiger partial charge in [-0.05, 0) is 36.6 Å². The Morgan fingerprint density at radius 1 is 1.07 bits per heavy atom. The van der Waals surface area contributed by atoms with Crippen molar-refractivity contribution in [3.63, 3.8) is 0 Å². The number of halogens is 4. The van der Waals surface area contributed by atoms with E-state index in [1.165, 1.54) is 6.92 Å². The first-order valence-electron chi connectivity index (χ1n) is 9.24. The molecule has 0 spiro atoms. The van der Waals surface area contributed by atoms with Gasteiger partial charge in [0.1, 0.15) is 24.3 Å². The van der Waals surface area contributed by atoms with Crippen LogP contribution < -0.4 is 10.6 Å². The summed E-state index contributed by atoms with van der Waals surface area (Å²) < 4.78 is 58.2. The second-order valence-electron chi connectivity index (χ2n) is 6.63. The van der Waals surface area contributed by atoms with Crippen molar-refractivity contribution in [2.75, 3.05) is 6.54 Å². The van der Waals surface area contributed by atoms with Crippen LogP contribution in [-0.4, -0.2) is 31.0 Å². The normalized spacial score (nSPS) is 11.8. The molecular weight excluding hydrogens is 404 g/mol. The van der Waals surface area contributed by atoms with Crippen LogP contribution in [-0.2, 0) is 22.6 Å². The lowest BCUT2D eigenvalue weighted by Crippen LogP contribution is -2.48. The second kappa shape index (κ2) is 11.2. The van der Waals surface area contributed by atoms with Gasteiger partial charge in [0.05, 0.1) is 0 Å². The van der Waals surface area contributed by atoms with Crippen LogP contribution in [0.15, 0.2) is 42.5 Å². The summed E-state index contributed by atoms with van der Waals surface area (Å²) in [6.07, 6.45) is -5.00. The Morgan fingerprint density at radius 2 is 1.70 bits per heavy atom. The van der Waals surface area contributed by atoms with Gasteiger partial charge in [-0.2, -0.15) is 0 Å². The van der Waals surface area contributed by atoms with E-state index >= 15 is 0 Å². The van der Waals surface area contributed by atoms with E-state index in [1.807, 2.05) is 0 Å². The predicted molar refractivity (Wildman–Crippen MR) is 102 cm³/mol. The lowest BCUT2D eigenvalue weighted by atomic mass is 10.1. The van der Waals surface area contributed by atoms with Gasteiger partial charge < -0.3 is 15.4 Å². The molecule has 0 radical (unpaired) electrons. The van der Waals surface area contributed by atoms with Crippen LogP contribution in [0.2, 0.25) is 0 Å². The highest BCUT2D eigenvalue weighted by Gasteiger charge is 2.25. The molecular formula is C21H22F4N2O3. The Balaban J connectivity index is 1.89. The third-order valence-electron chi connectivity index (χ3n) is 4.19. The van der Waals surface area contributed by atoms with Crippen molar-refractivity contribution in [2.45, 2.75) is 38.8 Å². The van der Waals surface area contributed by atoms with Gasteiger partial charge in [0.25, 0.3) is 0 Å². The molecule has 0 aliphatic heterocycles. The first-order chi connectivity index (χ1) is 14.3. The quantitative estimate of drug-likeness (QED) is 0.598. The van der Waals surface area contributed by atoms with Crippen LogP contribution in [0.1, 0.15) is 23.1 Å². The van der Waals surface area contributed by atoms with E-state index in [9.17, 15) is 27.2 Å². The van der Waals surface area contributed by atoms with E-state index in [0.717, 1.165) is 12.1 Å². The summed E-state index contributed by atoms with van der Waals surface area (Å²) in [5, 5.41) is 4.40. The first-order valence-corrected chi connectivity index (χ1v) is 9.24. The number of nitrogens with one attached hydrogen (secondary N) is 2. The van der Waals surface area contributed by atoms with Crippen molar-refractivity contribution < 1.29 is 31.9 Å². The largest absolute Gasteiger partial charge is 0.445 e. The molecule has 2 N–H and O–H groups in total. The molecule has 0 fully saturated rings. The van der Waals surface area contributed by atoms with Crippen LogP contribution in [0, 0.1) is 18.6 Å². The molecule has 2 aromatic rings. The van der Waals surface area contributed by atoms with Crippen molar-refractivity contribution in [1.29, 1.82) is 0 Å². The summed E-state index contributed by atoms with van der Waals surface area (Å²) in [5.41, 5.74) is 0.874. The molecule has 0 bridgehead atoms. The fourth-order valence-corrected chi connectivity index (χ4v) is 2.72. The van der Waals surface area contributed by atoms with E-state index in [0.29, 0.717) is 11.1 Å². The molecule has 0 saturated heterocycles. The summed E-state index contributed by atoms with van der Waals surface area (Å²) in [6.45, 7) is 1.24. The molecule has 0 unspecified atom stereocenters. The van der Waals surface area contributed by atoms with E-state index < -0.39 is 42.5 Å². The zero-order chi connectivity index (χ0) is 22.1. The molecule has 2 aromatic carbocycles. The lowest BCUT2D eigenvalue weighted by molar-refractivity contribution is -0.124. The molecule has 0 aliphatic carbocycles. The van der Waals surface area contributed by atoms with E-state index in [4.69, 9.17) is 4.74 Å². The number of hydrogen-bond acceptors (Lipinski definition) is 3. The number of alkyl halides is 2. The van der Waals surface area contributed by atoms with Crippen molar-refractivity contribution in [3.05, 3.63) is 70.8 Å². The minimum atomic E-state index is -2.86. The molecule has 0 saturated carbocycles. The van der Waals surface area contributed by atoms with Gasteiger partial charge in [-0.1, -0.05) is 30.3 Å². The third kappa shape index (κ3) is 7.38. The number of benzene rings is 2. The number of aryl methyl sites for hydroxylation is 1. The molecule has 30 heavy (non-hydrogen) atoms. The van der Waals surface area contributed by atoms with Crippen LogP contribution in [0.3, 0.4) is 0 Å². The van der Waals surface area contributed by atoms with Gasteiger partial charge in [0.2, 0.25) is 12.3 Å². The zero-order valence-electron chi connectivity index (χ0n) is 16.3. The number of carbonyl (C=O) groups excluding carboxylic acids is 2. The average molecular weight is 426 g/mol. The molecule has 9 heteroatoms. The summed E-state index contributed by atoms with van der Waals surface area (Å²) in [6, 6.07) is 9.43. The molecule has 0 aromatic heterocycles. The topological polar surface area (TPSA) is 67.4 Å². The second-order valence-corrected chi connectivity index (χ2v) is 6.63. The number of amides is 2. The summed E-state index contributed by atoms with van der Waals surface area (Å²) >= 11 is 0. The molecule has 0 aliphatic rings. The minimum Gasteiger partial charge on any atom is -0.445 e. The summed E-state index contributed by atoms with van der Waals surface area (Å²) in [5.74, 6) is -2.41. The average Bonchev–Trinajstić information content (AvgIpc) is 2.68. The Kier molecular flexibility index (Phi) is 8.64. The maximum Gasteiger partial charge on any atom is 0.408 e. The molecule has 5 nitrogen and oxygen atoms in total. The van der Waals surface area contributed by atoms with Crippen molar-refractivity contribution in [3.8, 4) is 0 Å². The zero-order valence-corrected chi connectivity index (χ0v) is 16.3. The number of alkyl carbamates (subject to hydrolysis) is 1. The molecule has 1 atom stereocenters. The maximum atomic E-state index is 13.8. The molecule has 0 heterocycles. The molecule has 162 valence electrons. The van der Waals surface area contributed by atoms with Crippen molar-refractivity contribution in [2.24, 2.45) is 0 Å². The van der Waals surface area contributed by atoms with Gasteiger partial charge >= 0.3 is 6.09 Å². The first kappa shape index (κ1) is 23.2. The summed E-state index contributed by atoms with van der Waals surface area (Å²) in [7, 11) is 0. The van der Waals surface area contributed by atoms with Gasteiger partial charge in [-0.25, -0.2) is 22.4 Å². The molecule has 2 rings (SSSR count). The fourth-order valence-electron chi connectivity index (χ4n) is 2.72. The van der Waals surface area contributed by atoms with Gasteiger partial charge in [0.15, 0.2) is 0 Å².